The van der Waals surface area contributed by atoms with Crippen molar-refractivity contribution in [3.63, 3.8) is 0 Å². The molecule has 1 fully saturated rings. The molecule has 3 heteroatoms. The van der Waals surface area contributed by atoms with Crippen LogP contribution >= 0.6 is 0 Å². The van der Waals surface area contributed by atoms with Crippen molar-refractivity contribution in [1.29, 1.82) is 0 Å². The Labute approximate surface area is 80.3 Å². The van der Waals surface area contributed by atoms with Gasteiger partial charge in [0.25, 0.3) is 0 Å². The molecule has 1 amide bonds. The van der Waals surface area contributed by atoms with E-state index in [2.05, 4.69) is 10.6 Å². The summed E-state index contributed by atoms with van der Waals surface area (Å²) in [5.41, 5.74) is -0.113. The molecule has 2 N–H and O–H groups in total. The molecule has 0 aromatic heterocycles. The van der Waals surface area contributed by atoms with E-state index in [4.69, 9.17) is 0 Å². The maximum atomic E-state index is 11.3. The maximum Gasteiger partial charge on any atom is 0.234 e. The van der Waals surface area contributed by atoms with Crippen molar-refractivity contribution in [1.82, 2.24) is 10.6 Å². The van der Waals surface area contributed by atoms with Crippen LogP contribution in [0.5, 0.6) is 0 Å². The largest absolute Gasteiger partial charge is 0.350 e. The van der Waals surface area contributed by atoms with Crippen LogP contribution in [0.3, 0.4) is 0 Å². The molecule has 0 aliphatic heterocycles. The Morgan fingerprint density at radius 1 is 1.38 bits per heavy atom. The fraction of sp³-hybridized carbons (Fsp3) is 0.900. The summed E-state index contributed by atoms with van der Waals surface area (Å²) in [6, 6.07) is 0.589. The van der Waals surface area contributed by atoms with Crippen molar-refractivity contribution in [2.24, 2.45) is 0 Å². The monoisotopic (exact) mass is 184 g/mol. The molecule has 0 unspecified atom stereocenters. The Kier molecular flexibility index (Phi) is 3.31. The van der Waals surface area contributed by atoms with Crippen molar-refractivity contribution in [2.75, 3.05) is 6.54 Å². The molecule has 1 rings (SSSR count). The van der Waals surface area contributed by atoms with Crippen LogP contribution in [0.4, 0.5) is 0 Å². The van der Waals surface area contributed by atoms with Gasteiger partial charge in [-0.25, -0.2) is 0 Å². The summed E-state index contributed by atoms with van der Waals surface area (Å²) in [6.07, 6.45) is 3.75. The second kappa shape index (κ2) is 4.09. The van der Waals surface area contributed by atoms with E-state index in [1.807, 2.05) is 20.8 Å². The SMILES string of the molecule is CC(C)(C)NC(=O)CNC1CCC1. The Morgan fingerprint density at radius 2 is 2.00 bits per heavy atom. The lowest BCUT2D eigenvalue weighted by Gasteiger charge is -2.27. The number of hydrogen-bond acceptors (Lipinski definition) is 2. The van der Waals surface area contributed by atoms with Gasteiger partial charge in [-0.05, 0) is 33.6 Å². The zero-order valence-corrected chi connectivity index (χ0v) is 8.81. The van der Waals surface area contributed by atoms with Gasteiger partial charge in [0, 0.05) is 11.6 Å². The van der Waals surface area contributed by atoms with E-state index in [0.29, 0.717) is 12.6 Å². The highest BCUT2D eigenvalue weighted by molar-refractivity contribution is 5.78. The number of carbonyl (C=O) groups excluding carboxylic acids is 1. The molecule has 0 aromatic rings. The lowest BCUT2D eigenvalue weighted by Crippen LogP contribution is -2.47. The van der Waals surface area contributed by atoms with Gasteiger partial charge < -0.3 is 10.6 Å². The molecule has 0 heterocycles. The van der Waals surface area contributed by atoms with Gasteiger partial charge in [-0.2, -0.15) is 0 Å². The van der Waals surface area contributed by atoms with E-state index in [1.54, 1.807) is 0 Å². The quantitative estimate of drug-likeness (QED) is 0.688. The van der Waals surface area contributed by atoms with E-state index < -0.39 is 0 Å². The Hall–Kier alpha value is -0.570. The second-order valence-corrected chi connectivity index (χ2v) is 4.81. The van der Waals surface area contributed by atoms with Gasteiger partial charge in [-0.3, -0.25) is 4.79 Å². The minimum absolute atomic E-state index is 0.0967. The minimum Gasteiger partial charge on any atom is -0.350 e. The lowest BCUT2D eigenvalue weighted by molar-refractivity contribution is -0.121. The predicted octanol–water partition coefficient (Wildman–Crippen LogP) is 1.04. The van der Waals surface area contributed by atoms with Crippen molar-refractivity contribution in [3.8, 4) is 0 Å². The summed E-state index contributed by atoms with van der Waals surface area (Å²) < 4.78 is 0. The highest BCUT2D eigenvalue weighted by Gasteiger charge is 2.19. The third-order valence-electron chi connectivity index (χ3n) is 2.17. The van der Waals surface area contributed by atoms with E-state index in [-0.39, 0.29) is 11.4 Å². The van der Waals surface area contributed by atoms with Crippen LogP contribution in [0.25, 0.3) is 0 Å². The summed E-state index contributed by atoms with van der Waals surface area (Å²) in [5.74, 6) is 0.0967. The van der Waals surface area contributed by atoms with Crippen LogP contribution in [0.15, 0.2) is 0 Å². The molecule has 1 saturated carbocycles. The number of rotatable bonds is 3. The molecule has 0 aromatic carbocycles. The normalized spacial score (nSPS) is 18.1. The summed E-state index contributed by atoms with van der Waals surface area (Å²) in [7, 11) is 0. The molecule has 1 aliphatic carbocycles. The smallest absolute Gasteiger partial charge is 0.234 e. The predicted molar refractivity (Wildman–Crippen MR) is 53.5 cm³/mol. The standard InChI is InChI=1S/C10H20N2O/c1-10(2,3)12-9(13)7-11-8-5-4-6-8/h8,11H,4-7H2,1-3H3,(H,12,13). The van der Waals surface area contributed by atoms with Crippen molar-refractivity contribution >= 4 is 5.91 Å². The minimum atomic E-state index is -0.113. The Morgan fingerprint density at radius 3 is 2.38 bits per heavy atom. The van der Waals surface area contributed by atoms with E-state index in [0.717, 1.165) is 0 Å². The number of hydrogen-bond donors (Lipinski definition) is 2. The van der Waals surface area contributed by atoms with Crippen LogP contribution in [0, 0.1) is 0 Å². The van der Waals surface area contributed by atoms with Gasteiger partial charge in [0.15, 0.2) is 0 Å². The number of amides is 1. The van der Waals surface area contributed by atoms with Gasteiger partial charge in [0.05, 0.1) is 6.54 Å². The first-order chi connectivity index (χ1) is 5.97. The van der Waals surface area contributed by atoms with Gasteiger partial charge in [0.2, 0.25) is 5.91 Å². The van der Waals surface area contributed by atoms with Crippen molar-refractivity contribution in [3.05, 3.63) is 0 Å². The first-order valence-electron chi connectivity index (χ1n) is 5.02. The summed E-state index contributed by atoms with van der Waals surface area (Å²) in [5, 5.41) is 6.15. The highest BCUT2D eigenvalue weighted by Crippen LogP contribution is 2.17. The first kappa shape index (κ1) is 10.5. The van der Waals surface area contributed by atoms with Crippen LogP contribution in [0.2, 0.25) is 0 Å². The third-order valence-corrected chi connectivity index (χ3v) is 2.17. The average Bonchev–Trinajstić information content (AvgIpc) is 1.78. The Bertz CT molecular complexity index is 180. The molecule has 0 radical (unpaired) electrons. The van der Waals surface area contributed by atoms with Gasteiger partial charge in [0.1, 0.15) is 0 Å². The molecular formula is C10H20N2O. The van der Waals surface area contributed by atoms with E-state index >= 15 is 0 Å². The number of nitrogens with one attached hydrogen (secondary N) is 2. The van der Waals surface area contributed by atoms with Crippen LogP contribution < -0.4 is 10.6 Å². The van der Waals surface area contributed by atoms with Gasteiger partial charge >= 0.3 is 0 Å². The zero-order valence-electron chi connectivity index (χ0n) is 8.81. The van der Waals surface area contributed by atoms with Crippen molar-refractivity contribution < 1.29 is 4.79 Å². The summed E-state index contributed by atoms with van der Waals surface area (Å²) in [6.45, 7) is 6.44. The first-order valence-corrected chi connectivity index (χ1v) is 5.02. The summed E-state index contributed by atoms with van der Waals surface area (Å²) in [4.78, 5) is 11.3. The van der Waals surface area contributed by atoms with Crippen LogP contribution in [-0.2, 0) is 4.79 Å². The zero-order chi connectivity index (χ0) is 9.90. The molecule has 76 valence electrons. The second-order valence-electron chi connectivity index (χ2n) is 4.81. The fourth-order valence-electron chi connectivity index (χ4n) is 1.31. The van der Waals surface area contributed by atoms with Gasteiger partial charge in [-0.1, -0.05) is 6.42 Å². The number of carbonyl (C=O) groups is 1. The Balaban J connectivity index is 2.10. The molecule has 0 atom stereocenters. The maximum absolute atomic E-state index is 11.3. The fourth-order valence-corrected chi connectivity index (χ4v) is 1.31. The topological polar surface area (TPSA) is 41.1 Å². The van der Waals surface area contributed by atoms with E-state index in [1.165, 1.54) is 19.3 Å². The highest BCUT2D eigenvalue weighted by atomic mass is 16.2. The molecule has 13 heavy (non-hydrogen) atoms. The van der Waals surface area contributed by atoms with Crippen LogP contribution in [-0.4, -0.2) is 24.0 Å². The van der Waals surface area contributed by atoms with Crippen molar-refractivity contribution in [2.45, 2.75) is 51.6 Å². The van der Waals surface area contributed by atoms with E-state index in [9.17, 15) is 4.79 Å². The molecule has 0 saturated heterocycles. The van der Waals surface area contributed by atoms with Crippen LogP contribution in [0.1, 0.15) is 40.0 Å². The summed E-state index contributed by atoms with van der Waals surface area (Å²) >= 11 is 0. The molecule has 3 nitrogen and oxygen atoms in total. The third kappa shape index (κ3) is 4.27. The average molecular weight is 184 g/mol. The molecular weight excluding hydrogens is 164 g/mol. The van der Waals surface area contributed by atoms with Gasteiger partial charge in [-0.15, -0.1) is 0 Å². The molecule has 1 aliphatic rings. The molecule has 0 bridgehead atoms. The molecule has 0 spiro atoms. The lowest BCUT2D eigenvalue weighted by atomic mass is 9.93.